The zero-order valence-corrected chi connectivity index (χ0v) is 8.48. The van der Waals surface area contributed by atoms with Gasteiger partial charge in [-0.05, 0) is 11.8 Å². The van der Waals surface area contributed by atoms with Gasteiger partial charge in [-0.3, -0.25) is 4.98 Å². The summed E-state index contributed by atoms with van der Waals surface area (Å²) in [4.78, 5) is 16.0. The Balaban J connectivity index is 2.25. The van der Waals surface area contributed by atoms with Gasteiger partial charge in [0.25, 0.3) is 0 Å². The highest BCUT2D eigenvalue weighted by Gasteiger charge is 2.03. The van der Waals surface area contributed by atoms with Gasteiger partial charge in [-0.2, -0.15) is 0 Å². The van der Waals surface area contributed by atoms with Gasteiger partial charge in [0.1, 0.15) is 16.7 Å². The Labute approximate surface area is 90.2 Å². The lowest BCUT2D eigenvalue weighted by Gasteiger charge is -2.00. The minimum Gasteiger partial charge on any atom is -0.383 e. The van der Waals surface area contributed by atoms with Crippen LogP contribution in [0.25, 0.3) is 0 Å². The normalized spacial score (nSPS) is 10.1. The first-order valence-corrected chi connectivity index (χ1v) is 4.89. The third-order valence-electron chi connectivity index (χ3n) is 1.48. The van der Waals surface area contributed by atoms with E-state index in [2.05, 4.69) is 19.9 Å². The number of hydrogen-bond donors (Lipinski definition) is 2. The lowest BCUT2D eigenvalue weighted by Crippen LogP contribution is -1.99. The van der Waals surface area contributed by atoms with Crippen molar-refractivity contribution in [3.63, 3.8) is 0 Å². The number of nitrogens with two attached hydrogens (primary N) is 2. The molecule has 2 aromatic rings. The van der Waals surface area contributed by atoms with Gasteiger partial charge in [0, 0.05) is 18.5 Å². The molecule has 0 spiro atoms. The molecule has 15 heavy (non-hydrogen) atoms. The predicted octanol–water partition coefficient (Wildman–Crippen LogP) is 0.582. The summed E-state index contributed by atoms with van der Waals surface area (Å²) < 4.78 is 0. The fourth-order valence-corrected chi connectivity index (χ4v) is 1.66. The molecule has 0 saturated carbocycles. The quantitative estimate of drug-likeness (QED) is 0.713. The van der Waals surface area contributed by atoms with Crippen molar-refractivity contribution < 1.29 is 0 Å². The van der Waals surface area contributed by atoms with Crippen molar-refractivity contribution in [3.05, 3.63) is 24.7 Å². The van der Waals surface area contributed by atoms with E-state index in [4.69, 9.17) is 11.5 Å². The molecule has 2 aromatic heterocycles. The maximum absolute atomic E-state index is 5.53. The number of nitrogens with zero attached hydrogens (tertiary/aromatic N) is 4. The number of aromatic nitrogens is 4. The molecule has 6 nitrogen and oxygen atoms in total. The van der Waals surface area contributed by atoms with Crippen molar-refractivity contribution in [1.29, 1.82) is 0 Å². The minimum absolute atomic E-state index is 0.342. The van der Waals surface area contributed by atoms with Gasteiger partial charge in [0.05, 0.1) is 6.20 Å². The molecule has 0 radical (unpaired) electrons. The Morgan fingerprint density at radius 1 is 1.07 bits per heavy atom. The van der Waals surface area contributed by atoms with Crippen LogP contribution in [0.5, 0.6) is 0 Å². The molecule has 0 aliphatic rings. The summed E-state index contributed by atoms with van der Waals surface area (Å²) in [5.74, 6) is 0.683. The SMILES string of the molecule is Nc1cc(N)nc(Sc2cnccn2)n1. The fraction of sp³-hybridized carbons (Fsp3) is 0. The lowest BCUT2D eigenvalue weighted by atomic mass is 10.5. The van der Waals surface area contributed by atoms with Gasteiger partial charge in [-0.15, -0.1) is 0 Å². The average molecular weight is 220 g/mol. The summed E-state index contributed by atoms with van der Waals surface area (Å²) in [5.41, 5.74) is 11.1. The van der Waals surface area contributed by atoms with Gasteiger partial charge in [-0.1, -0.05) is 0 Å². The smallest absolute Gasteiger partial charge is 0.197 e. The Hall–Kier alpha value is -1.89. The van der Waals surface area contributed by atoms with Gasteiger partial charge < -0.3 is 11.5 Å². The van der Waals surface area contributed by atoms with E-state index in [0.717, 1.165) is 0 Å². The monoisotopic (exact) mass is 220 g/mol. The van der Waals surface area contributed by atoms with E-state index in [0.29, 0.717) is 21.8 Å². The topological polar surface area (TPSA) is 104 Å². The highest BCUT2D eigenvalue weighted by atomic mass is 32.2. The van der Waals surface area contributed by atoms with E-state index < -0.39 is 0 Å². The number of anilines is 2. The van der Waals surface area contributed by atoms with E-state index in [1.807, 2.05) is 0 Å². The molecule has 4 N–H and O–H groups in total. The Kier molecular flexibility index (Phi) is 2.64. The van der Waals surface area contributed by atoms with Crippen LogP contribution in [0.1, 0.15) is 0 Å². The minimum atomic E-state index is 0.342. The van der Waals surface area contributed by atoms with Crippen molar-refractivity contribution in [2.45, 2.75) is 10.2 Å². The molecule has 2 heterocycles. The van der Waals surface area contributed by atoms with Crippen LogP contribution in [0.4, 0.5) is 11.6 Å². The molecule has 0 fully saturated rings. The zero-order chi connectivity index (χ0) is 10.7. The van der Waals surface area contributed by atoms with E-state index in [9.17, 15) is 0 Å². The fourth-order valence-electron chi connectivity index (χ4n) is 0.939. The van der Waals surface area contributed by atoms with Gasteiger partial charge in [0.15, 0.2) is 5.16 Å². The maximum atomic E-state index is 5.53. The van der Waals surface area contributed by atoms with E-state index in [1.165, 1.54) is 17.8 Å². The van der Waals surface area contributed by atoms with Crippen molar-refractivity contribution >= 4 is 23.4 Å². The molecule has 0 saturated heterocycles. The van der Waals surface area contributed by atoms with Crippen molar-refractivity contribution in [2.24, 2.45) is 0 Å². The number of hydrogen-bond acceptors (Lipinski definition) is 7. The summed E-state index contributed by atoms with van der Waals surface area (Å²) in [5, 5.41) is 1.16. The molecule has 76 valence electrons. The third kappa shape index (κ3) is 2.53. The van der Waals surface area contributed by atoms with Crippen molar-refractivity contribution in [3.8, 4) is 0 Å². The van der Waals surface area contributed by atoms with Crippen molar-refractivity contribution in [2.75, 3.05) is 11.5 Å². The van der Waals surface area contributed by atoms with Crippen LogP contribution in [0.15, 0.2) is 34.8 Å². The predicted molar refractivity (Wildman–Crippen MR) is 57.0 cm³/mol. The Morgan fingerprint density at radius 3 is 2.40 bits per heavy atom. The van der Waals surface area contributed by atoms with Crippen LogP contribution < -0.4 is 11.5 Å². The second kappa shape index (κ2) is 4.09. The highest BCUT2D eigenvalue weighted by Crippen LogP contribution is 2.22. The van der Waals surface area contributed by atoms with Crippen LogP contribution in [0.2, 0.25) is 0 Å². The summed E-state index contributed by atoms with van der Waals surface area (Å²) >= 11 is 1.26. The molecule has 0 bridgehead atoms. The second-order valence-corrected chi connectivity index (χ2v) is 3.63. The first-order chi connectivity index (χ1) is 7.24. The van der Waals surface area contributed by atoms with E-state index in [1.54, 1.807) is 18.6 Å². The van der Waals surface area contributed by atoms with E-state index in [-0.39, 0.29) is 0 Å². The number of rotatable bonds is 2. The van der Waals surface area contributed by atoms with Crippen LogP contribution in [0, 0.1) is 0 Å². The maximum Gasteiger partial charge on any atom is 0.197 e. The first-order valence-electron chi connectivity index (χ1n) is 4.08. The van der Waals surface area contributed by atoms with E-state index >= 15 is 0 Å². The molecule has 0 aliphatic carbocycles. The summed E-state index contributed by atoms with van der Waals surface area (Å²) in [6.07, 6.45) is 4.81. The molecule has 0 aliphatic heterocycles. The standard InChI is InChI=1S/C8H8N6S/c9-5-3-6(10)14-8(13-5)15-7-4-11-1-2-12-7/h1-4H,(H4,9,10,13,14). The van der Waals surface area contributed by atoms with Crippen LogP contribution in [-0.2, 0) is 0 Å². The van der Waals surface area contributed by atoms with Crippen LogP contribution >= 0.6 is 11.8 Å². The van der Waals surface area contributed by atoms with Gasteiger partial charge in [-0.25, -0.2) is 15.0 Å². The van der Waals surface area contributed by atoms with Gasteiger partial charge in [0.2, 0.25) is 0 Å². The Morgan fingerprint density at radius 2 is 1.80 bits per heavy atom. The Bertz CT molecular complexity index is 440. The first kappa shape index (κ1) is 9.66. The molecular weight excluding hydrogens is 212 g/mol. The summed E-state index contributed by atoms with van der Waals surface area (Å²) in [6.45, 7) is 0. The molecular formula is C8H8N6S. The molecule has 0 aromatic carbocycles. The van der Waals surface area contributed by atoms with Crippen LogP contribution in [-0.4, -0.2) is 19.9 Å². The van der Waals surface area contributed by atoms with Gasteiger partial charge >= 0.3 is 0 Å². The molecule has 2 rings (SSSR count). The molecule has 7 heteroatoms. The summed E-state index contributed by atoms with van der Waals surface area (Å²) in [7, 11) is 0. The second-order valence-electron chi connectivity index (χ2n) is 2.65. The molecule has 0 amide bonds. The summed E-state index contributed by atoms with van der Waals surface area (Å²) in [6, 6.07) is 1.50. The van der Waals surface area contributed by atoms with Crippen molar-refractivity contribution in [1.82, 2.24) is 19.9 Å². The number of nitrogen functional groups attached to an aromatic ring is 2. The largest absolute Gasteiger partial charge is 0.383 e. The molecule has 0 atom stereocenters. The molecule has 0 unspecified atom stereocenters. The highest BCUT2D eigenvalue weighted by molar-refractivity contribution is 7.99. The lowest BCUT2D eigenvalue weighted by molar-refractivity contribution is 0.970. The zero-order valence-electron chi connectivity index (χ0n) is 7.66. The third-order valence-corrected chi connectivity index (χ3v) is 2.27. The average Bonchev–Trinajstić information content (AvgIpc) is 2.17. The van der Waals surface area contributed by atoms with Crippen LogP contribution in [0.3, 0.4) is 0 Å².